The molecule has 1 aliphatic rings. The van der Waals surface area contributed by atoms with Crippen LogP contribution in [-0.4, -0.2) is 43.6 Å². The highest BCUT2D eigenvalue weighted by Gasteiger charge is 2.22. The number of carbonyl (C=O) groups is 1. The fourth-order valence-electron chi connectivity index (χ4n) is 2.89. The van der Waals surface area contributed by atoms with Crippen LogP contribution in [-0.2, 0) is 0 Å². The molecule has 126 valence electrons. The molecule has 5 heteroatoms. The number of anilines is 1. The van der Waals surface area contributed by atoms with E-state index in [4.69, 9.17) is 4.74 Å². The van der Waals surface area contributed by atoms with Crippen LogP contribution in [0.1, 0.15) is 17.3 Å². The van der Waals surface area contributed by atoms with Gasteiger partial charge in [-0.05, 0) is 49.4 Å². The van der Waals surface area contributed by atoms with Crippen LogP contribution in [0.2, 0.25) is 0 Å². The molecule has 1 aliphatic heterocycles. The molecule has 1 heterocycles. The van der Waals surface area contributed by atoms with Crippen LogP contribution in [0.15, 0.2) is 48.5 Å². The topological polar surface area (TPSA) is 32.8 Å². The van der Waals surface area contributed by atoms with Crippen molar-refractivity contribution in [3.8, 4) is 5.75 Å². The number of nitrogens with zero attached hydrogens (tertiary/aromatic N) is 2. The lowest BCUT2D eigenvalue weighted by molar-refractivity contribution is 0.0746. The van der Waals surface area contributed by atoms with Crippen molar-refractivity contribution in [2.24, 2.45) is 0 Å². The third-order valence-corrected chi connectivity index (χ3v) is 4.15. The van der Waals surface area contributed by atoms with Crippen LogP contribution in [0.4, 0.5) is 10.1 Å². The van der Waals surface area contributed by atoms with Gasteiger partial charge >= 0.3 is 0 Å². The number of carbonyl (C=O) groups excluding carboxylic acids is 1. The average Bonchev–Trinajstić information content (AvgIpc) is 2.62. The van der Waals surface area contributed by atoms with Crippen molar-refractivity contribution in [2.45, 2.75) is 6.92 Å². The molecule has 0 atom stereocenters. The van der Waals surface area contributed by atoms with Crippen molar-refractivity contribution in [1.82, 2.24) is 4.90 Å². The van der Waals surface area contributed by atoms with Gasteiger partial charge in [-0.3, -0.25) is 4.79 Å². The summed E-state index contributed by atoms with van der Waals surface area (Å²) in [6, 6.07) is 13.8. The first-order chi connectivity index (χ1) is 11.7. The van der Waals surface area contributed by atoms with Crippen molar-refractivity contribution in [3.05, 3.63) is 59.9 Å². The Labute approximate surface area is 141 Å². The third kappa shape index (κ3) is 3.67. The Hall–Kier alpha value is -2.56. The molecule has 2 aromatic carbocycles. The minimum absolute atomic E-state index is 0.0234. The fourth-order valence-corrected chi connectivity index (χ4v) is 2.89. The van der Waals surface area contributed by atoms with E-state index in [1.807, 2.05) is 30.0 Å². The SMILES string of the molecule is CCOc1cccc(C(=O)N2CCN(c3ccc(F)cc3)CC2)c1. The minimum atomic E-state index is -0.234. The van der Waals surface area contributed by atoms with E-state index < -0.39 is 0 Å². The third-order valence-electron chi connectivity index (χ3n) is 4.15. The van der Waals surface area contributed by atoms with Crippen LogP contribution in [0.5, 0.6) is 5.75 Å². The number of piperazine rings is 1. The number of benzene rings is 2. The Kier molecular flexibility index (Phi) is 4.99. The maximum Gasteiger partial charge on any atom is 0.254 e. The molecule has 1 amide bonds. The van der Waals surface area contributed by atoms with Gasteiger partial charge in [-0.2, -0.15) is 0 Å². The molecule has 0 aromatic heterocycles. The van der Waals surface area contributed by atoms with Crippen molar-refractivity contribution < 1.29 is 13.9 Å². The molecule has 0 spiro atoms. The molecule has 1 saturated heterocycles. The van der Waals surface area contributed by atoms with E-state index in [1.54, 1.807) is 18.2 Å². The zero-order chi connectivity index (χ0) is 16.9. The molecule has 0 bridgehead atoms. The second-order valence-corrected chi connectivity index (χ2v) is 5.72. The van der Waals surface area contributed by atoms with Gasteiger partial charge in [0.15, 0.2) is 0 Å². The number of ether oxygens (including phenoxy) is 1. The van der Waals surface area contributed by atoms with Crippen LogP contribution >= 0.6 is 0 Å². The van der Waals surface area contributed by atoms with Gasteiger partial charge in [-0.1, -0.05) is 6.07 Å². The maximum atomic E-state index is 13.0. The van der Waals surface area contributed by atoms with E-state index in [9.17, 15) is 9.18 Å². The molecule has 0 N–H and O–H groups in total. The van der Waals surface area contributed by atoms with Gasteiger partial charge in [0.1, 0.15) is 11.6 Å². The van der Waals surface area contributed by atoms with Gasteiger partial charge in [0.2, 0.25) is 0 Å². The number of amides is 1. The van der Waals surface area contributed by atoms with Crippen molar-refractivity contribution in [2.75, 3.05) is 37.7 Å². The lowest BCUT2D eigenvalue weighted by Gasteiger charge is -2.36. The highest BCUT2D eigenvalue weighted by atomic mass is 19.1. The molecule has 0 saturated carbocycles. The van der Waals surface area contributed by atoms with Crippen molar-refractivity contribution in [3.63, 3.8) is 0 Å². The van der Waals surface area contributed by atoms with Gasteiger partial charge in [-0.15, -0.1) is 0 Å². The first-order valence-corrected chi connectivity index (χ1v) is 8.20. The van der Waals surface area contributed by atoms with E-state index in [0.717, 1.165) is 18.8 Å². The molecule has 0 unspecified atom stereocenters. The Bertz CT molecular complexity index is 695. The average molecular weight is 328 g/mol. The molecule has 0 aliphatic carbocycles. The summed E-state index contributed by atoms with van der Waals surface area (Å²) in [5.74, 6) is 0.505. The second kappa shape index (κ2) is 7.34. The van der Waals surface area contributed by atoms with E-state index in [2.05, 4.69) is 4.90 Å². The normalized spacial score (nSPS) is 14.6. The highest BCUT2D eigenvalue weighted by molar-refractivity contribution is 5.94. The molecular weight excluding hydrogens is 307 g/mol. The zero-order valence-corrected chi connectivity index (χ0v) is 13.7. The van der Waals surface area contributed by atoms with Crippen LogP contribution < -0.4 is 9.64 Å². The van der Waals surface area contributed by atoms with Crippen molar-refractivity contribution >= 4 is 11.6 Å². The van der Waals surface area contributed by atoms with Gasteiger partial charge in [-0.25, -0.2) is 4.39 Å². The number of halogens is 1. The standard InChI is InChI=1S/C19H21FN2O2/c1-2-24-18-5-3-4-15(14-18)19(23)22-12-10-21(11-13-22)17-8-6-16(20)7-9-17/h3-9,14H,2,10-13H2,1H3. The number of hydrogen-bond donors (Lipinski definition) is 0. The molecule has 0 radical (unpaired) electrons. The number of hydrogen-bond acceptors (Lipinski definition) is 3. The molecular formula is C19H21FN2O2. The summed E-state index contributed by atoms with van der Waals surface area (Å²) in [4.78, 5) is 16.7. The predicted octanol–water partition coefficient (Wildman–Crippen LogP) is 3.19. The summed E-state index contributed by atoms with van der Waals surface area (Å²) >= 11 is 0. The molecule has 2 aromatic rings. The largest absolute Gasteiger partial charge is 0.494 e. The zero-order valence-electron chi connectivity index (χ0n) is 13.7. The summed E-state index contributed by atoms with van der Waals surface area (Å²) in [6.07, 6.45) is 0. The van der Waals surface area contributed by atoms with E-state index in [0.29, 0.717) is 31.0 Å². The lowest BCUT2D eigenvalue weighted by atomic mass is 10.1. The lowest BCUT2D eigenvalue weighted by Crippen LogP contribution is -2.48. The molecule has 24 heavy (non-hydrogen) atoms. The van der Waals surface area contributed by atoms with Crippen molar-refractivity contribution in [1.29, 1.82) is 0 Å². The Balaban J connectivity index is 1.62. The number of rotatable bonds is 4. The van der Waals surface area contributed by atoms with Gasteiger partial charge in [0, 0.05) is 37.4 Å². The summed E-state index contributed by atoms with van der Waals surface area (Å²) in [5, 5.41) is 0. The fraction of sp³-hybridized carbons (Fsp3) is 0.316. The Morgan fingerprint density at radius 3 is 2.46 bits per heavy atom. The Morgan fingerprint density at radius 2 is 1.79 bits per heavy atom. The van der Waals surface area contributed by atoms with Crippen LogP contribution in [0, 0.1) is 5.82 Å². The first-order valence-electron chi connectivity index (χ1n) is 8.20. The quantitative estimate of drug-likeness (QED) is 0.864. The summed E-state index contributed by atoms with van der Waals surface area (Å²) in [5.41, 5.74) is 1.64. The van der Waals surface area contributed by atoms with Gasteiger partial charge < -0.3 is 14.5 Å². The van der Waals surface area contributed by atoms with E-state index >= 15 is 0 Å². The van der Waals surface area contributed by atoms with E-state index in [1.165, 1.54) is 12.1 Å². The molecule has 3 rings (SSSR count). The minimum Gasteiger partial charge on any atom is -0.494 e. The van der Waals surface area contributed by atoms with E-state index in [-0.39, 0.29) is 11.7 Å². The molecule has 4 nitrogen and oxygen atoms in total. The summed E-state index contributed by atoms with van der Waals surface area (Å²) in [6.45, 7) is 5.27. The monoisotopic (exact) mass is 328 g/mol. The van der Waals surface area contributed by atoms with Crippen LogP contribution in [0.3, 0.4) is 0 Å². The van der Waals surface area contributed by atoms with Crippen LogP contribution in [0.25, 0.3) is 0 Å². The first kappa shape index (κ1) is 16.3. The van der Waals surface area contributed by atoms with Gasteiger partial charge in [0.25, 0.3) is 5.91 Å². The highest BCUT2D eigenvalue weighted by Crippen LogP contribution is 2.19. The summed E-state index contributed by atoms with van der Waals surface area (Å²) < 4.78 is 18.5. The maximum absolute atomic E-state index is 13.0. The smallest absolute Gasteiger partial charge is 0.254 e. The molecule has 1 fully saturated rings. The predicted molar refractivity (Wildman–Crippen MR) is 92.1 cm³/mol. The van der Waals surface area contributed by atoms with Gasteiger partial charge in [0.05, 0.1) is 6.61 Å². The second-order valence-electron chi connectivity index (χ2n) is 5.72. The Morgan fingerprint density at radius 1 is 1.08 bits per heavy atom. The summed E-state index contributed by atoms with van der Waals surface area (Å²) in [7, 11) is 0.